The zero-order chi connectivity index (χ0) is 15.7. The van der Waals surface area contributed by atoms with Crippen molar-refractivity contribution in [1.82, 2.24) is 9.78 Å². The first kappa shape index (κ1) is 15.3. The highest BCUT2D eigenvalue weighted by Crippen LogP contribution is 2.37. The first-order valence-corrected chi connectivity index (χ1v) is 8.53. The Morgan fingerprint density at radius 3 is 2.45 bits per heavy atom. The number of anilines is 1. The minimum Gasteiger partial charge on any atom is -0.373 e. The molecule has 1 aliphatic rings. The molecule has 2 aromatic rings. The first-order valence-electron chi connectivity index (χ1n) is 7.73. The Balaban J connectivity index is 2.15. The highest BCUT2D eigenvalue weighted by atomic mass is 79.9. The lowest BCUT2D eigenvalue weighted by Gasteiger charge is -2.14. The molecule has 0 atom stereocenters. The van der Waals surface area contributed by atoms with Crippen molar-refractivity contribution in [3.63, 3.8) is 0 Å². The van der Waals surface area contributed by atoms with Gasteiger partial charge in [0.1, 0.15) is 11.5 Å². The van der Waals surface area contributed by atoms with Gasteiger partial charge in [-0.25, -0.2) is 4.68 Å². The average molecular weight is 361 g/mol. The van der Waals surface area contributed by atoms with Gasteiger partial charge in [0.05, 0.1) is 11.6 Å². The minimum absolute atomic E-state index is 0.449. The molecule has 4 nitrogen and oxygen atoms in total. The van der Waals surface area contributed by atoms with E-state index in [9.17, 15) is 0 Å². The Morgan fingerprint density at radius 2 is 1.91 bits per heavy atom. The molecule has 1 aromatic carbocycles. The van der Waals surface area contributed by atoms with E-state index in [1.54, 1.807) is 0 Å². The summed E-state index contributed by atoms with van der Waals surface area (Å²) in [6.07, 6.45) is 4.87. The maximum absolute atomic E-state index is 8.19. The van der Waals surface area contributed by atoms with Gasteiger partial charge in [-0.3, -0.25) is 0 Å². The molecule has 0 radical (unpaired) electrons. The number of benzene rings is 1. The van der Waals surface area contributed by atoms with E-state index in [1.807, 2.05) is 26.1 Å². The van der Waals surface area contributed by atoms with Crippen LogP contribution >= 0.6 is 15.9 Å². The molecule has 0 bridgehead atoms. The Hall–Kier alpha value is -1.62. The van der Waals surface area contributed by atoms with Crippen molar-refractivity contribution < 1.29 is 0 Å². The molecule has 22 heavy (non-hydrogen) atoms. The van der Waals surface area contributed by atoms with Gasteiger partial charge in [-0.15, -0.1) is 0 Å². The van der Waals surface area contributed by atoms with Crippen molar-refractivity contribution in [3.8, 4) is 11.3 Å². The van der Waals surface area contributed by atoms with E-state index in [4.69, 9.17) is 10.5 Å². The van der Waals surface area contributed by atoms with Crippen LogP contribution in [0.5, 0.6) is 0 Å². The number of rotatable bonds is 4. The molecule has 0 aliphatic heterocycles. The summed E-state index contributed by atoms with van der Waals surface area (Å²) in [7, 11) is 1.92. The van der Waals surface area contributed by atoms with Gasteiger partial charge in [0, 0.05) is 22.8 Å². The number of hydrogen-bond acceptors (Lipinski definition) is 3. The van der Waals surface area contributed by atoms with E-state index < -0.39 is 0 Å². The molecule has 5 heteroatoms. The van der Waals surface area contributed by atoms with Gasteiger partial charge < -0.3 is 10.7 Å². The molecular formula is C17H21BrN4. The maximum atomic E-state index is 8.19. The number of nitrogens with one attached hydrogen (secondary N) is 2. The summed E-state index contributed by atoms with van der Waals surface area (Å²) in [5, 5.41) is 16.3. The lowest BCUT2D eigenvalue weighted by atomic mass is 10.0. The lowest BCUT2D eigenvalue weighted by molar-refractivity contribution is 0.473. The molecule has 1 aromatic heterocycles. The van der Waals surface area contributed by atoms with Crippen LogP contribution in [0.2, 0.25) is 0 Å². The van der Waals surface area contributed by atoms with Gasteiger partial charge in [-0.2, -0.15) is 5.10 Å². The fraction of sp³-hybridized carbons (Fsp3) is 0.412. The standard InChI is InChI=1S/C17H21BrN4/c1-11(19)15-16(12-7-9-13(18)10-8-12)21-22(17(15)20-2)14-5-3-4-6-14/h7-10,14,19-20H,3-6H2,1-2H3. The molecule has 0 amide bonds. The van der Waals surface area contributed by atoms with Crippen LogP contribution in [0.3, 0.4) is 0 Å². The summed E-state index contributed by atoms with van der Waals surface area (Å²) in [4.78, 5) is 0. The molecule has 1 heterocycles. The summed E-state index contributed by atoms with van der Waals surface area (Å²) in [6.45, 7) is 1.83. The third-order valence-corrected chi connectivity index (χ3v) is 4.84. The molecule has 0 saturated heterocycles. The van der Waals surface area contributed by atoms with Crippen LogP contribution in [0.4, 0.5) is 5.82 Å². The van der Waals surface area contributed by atoms with Crippen LogP contribution in [-0.4, -0.2) is 22.5 Å². The Kier molecular flexibility index (Phi) is 4.34. The summed E-state index contributed by atoms with van der Waals surface area (Å²) in [5.41, 5.74) is 3.41. The molecule has 1 aliphatic carbocycles. The van der Waals surface area contributed by atoms with E-state index in [0.29, 0.717) is 11.8 Å². The van der Waals surface area contributed by atoms with Gasteiger partial charge in [-0.1, -0.05) is 40.9 Å². The quantitative estimate of drug-likeness (QED) is 0.765. The molecule has 3 rings (SSSR count). The minimum atomic E-state index is 0.449. The summed E-state index contributed by atoms with van der Waals surface area (Å²) in [6, 6.07) is 8.59. The normalized spacial score (nSPS) is 15.2. The van der Waals surface area contributed by atoms with Crippen molar-refractivity contribution in [2.45, 2.75) is 38.6 Å². The van der Waals surface area contributed by atoms with Crippen LogP contribution < -0.4 is 5.32 Å². The summed E-state index contributed by atoms with van der Waals surface area (Å²) < 4.78 is 3.16. The van der Waals surface area contributed by atoms with Crippen LogP contribution in [0.25, 0.3) is 11.3 Å². The van der Waals surface area contributed by atoms with Gasteiger partial charge in [0.15, 0.2) is 0 Å². The second kappa shape index (κ2) is 6.24. The van der Waals surface area contributed by atoms with E-state index in [2.05, 4.69) is 38.1 Å². The highest BCUT2D eigenvalue weighted by Gasteiger charge is 2.26. The first-order chi connectivity index (χ1) is 10.6. The number of hydrogen-bond donors (Lipinski definition) is 2. The van der Waals surface area contributed by atoms with Gasteiger partial charge >= 0.3 is 0 Å². The Labute approximate surface area is 139 Å². The average Bonchev–Trinajstić information content (AvgIpc) is 3.14. The molecule has 1 fully saturated rings. The molecule has 2 N–H and O–H groups in total. The zero-order valence-corrected chi connectivity index (χ0v) is 14.6. The van der Waals surface area contributed by atoms with Crippen LogP contribution in [0, 0.1) is 5.41 Å². The third-order valence-electron chi connectivity index (χ3n) is 4.31. The van der Waals surface area contributed by atoms with Crippen molar-refractivity contribution >= 4 is 27.5 Å². The number of aromatic nitrogens is 2. The highest BCUT2D eigenvalue weighted by molar-refractivity contribution is 9.10. The predicted octanol–water partition coefficient (Wildman–Crippen LogP) is 4.86. The molecule has 0 spiro atoms. The Morgan fingerprint density at radius 1 is 1.27 bits per heavy atom. The molecular weight excluding hydrogens is 340 g/mol. The summed E-state index contributed by atoms with van der Waals surface area (Å²) in [5.74, 6) is 0.970. The van der Waals surface area contributed by atoms with Gasteiger partial charge in [0.2, 0.25) is 0 Å². The topological polar surface area (TPSA) is 53.7 Å². The third kappa shape index (κ3) is 2.70. The van der Waals surface area contributed by atoms with E-state index >= 15 is 0 Å². The summed E-state index contributed by atoms with van der Waals surface area (Å²) >= 11 is 3.47. The van der Waals surface area contributed by atoms with Crippen molar-refractivity contribution in [2.24, 2.45) is 0 Å². The molecule has 1 saturated carbocycles. The number of halogens is 1. The SMILES string of the molecule is CNc1c(C(C)=N)c(-c2ccc(Br)cc2)nn1C1CCCC1. The fourth-order valence-electron chi connectivity index (χ4n) is 3.25. The van der Waals surface area contributed by atoms with Gasteiger partial charge in [-0.05, 0) is 31.9 Å². The van der Waals surface area contributed by atoms with Crippen LogP contribution in [0.1, 0.15) is 44.2 Å². The van der Waals surface area contributed by atoms with Crippen molar-refractivity contribution in [3.05, 3.63) is 34.3 Å². The molecule has 116 valence electrons. The lowest BCUT2D eigenvalue weighted by Crippen LogP contribution is -2.11. The van der Waals surface area contributed by atoms with Crippen LogP contribution in [0.15, 0.2) is 28.7 Å². The van der Waals surface area contributed by atoms with E-state index in [1.165, 1.54) is 25.7 Å². The second-order valence-electron chi connectivity index (χ2n) is 5.84. The van der Waals surface area contributed by atoms with Crippen molar-refractivity contribution in [2.75, 3.05) is 12.4 Å². The predicted molar refractivity (Wildman–Crippen MR) is 94.9 cm³/mol. The van der Waals surface area contributed by atoms with Crippen LogP contribution in [-0.2, 0) is 0 Å². The smallest absolute Gasteiger partial charge is 0.134 e. The monoisotopic (exact) mass is 360 g/mol. The largest absolute Gasteiger partial charge is 0.373 e. The van der Waals surface area contributed by atoms with Crippen molar-refractivity contribution in [1.29, 1.82) is 5.41 Å². The molecule has 0 unspecified atom stereocenters. The fourth-order valence-corrected chi connectivity index (χ4v) is 3.52. The van der Waals surface area contributed by atoms with E-state index in [-0.39, 0.29) is 0 Å². The van der Waals surface area contributed by atoms with Gasteiger partial charge in [0.25, 0.3) is 0 Å². The van der Waals surface area contributed by atoms with E-state index in [0.717, 1.165) is 27.1 Å². The second-order valence-corrected chi connectivity index (χ2v) is 6.75. The number of nitrogens with zero attached hydrogens (tertiary/aromatic N) is 2. The zero-order valence-electron chi connectivity index (χ0n) is 13.0. The maximum Gasteiger partial charge on any atom is 0.134 e. The Bertz CT molecular complexity index is 681.